The van der Waals surface area contributed by atoms with E-state index in [1.54, 1.807) is 0 Å². The molecule has 0 aliphatic carbocycles. The van der Waals surface area contributed by atoms with Crippen LogP contribution in [0.2, 0.25) is 0 Å². The molecule has 2 aliphatic rings. The minimum atomic E-state index is -0.473. The van der Waals surface area contributed by atoms with Gasteiger partial charge in [-0.15, -0.1) is 5.10 Å². The lowest BCUT2D eigenvalue weighted by Crippen LogP contribution is -2.56. The minimum Gasteiger partial charge on any atom is -0.484 e. The molecule has 0 radical (unpaired) electrons. The molecule has 2 aromatic rings. The fourth-order valence-corrected chi connectivity index (χ4v) is 4.27. The van der Waals surface area contributed by atoms with Gasteiger partial charge in [0.25, 0.3) is 5.91 Å². The van der Waals surface area contributed by atoms with Crippen molar-refractivity contribution in [1.29, 1.82) is 0 Å². The number of carbonyl (C=O) groups is 2. The molecule has 2 amide bonds. The first-order valence-corrected chi connectivity index (χ1v) is 11.2. The van der Waals surface area contributed by atoms with Crippen LogP contribution in [0.1, 0.15) is 44.5 Å². The lowest BCUT2D eigenvalue weighted by molar-refractivity contribution is -0.154. The zero-order valence-electron chi connectivity index (χ0n) is 18.7. The van der Waals surface area contributed by atoms with Gasteiger partial charge in [-0.05, 0) is 30.9 Å². The highest BCUT2D eigenvalue weighted by Crippen LogP contribution is 2.32. The number of ether oxygens (including phenoxy) is 2. The van der Waals surface area contributed by atoms with Gasteiger partial charge >= 0.3 is 0 Å². The molecule has 32 heavy (non-hydrogen) atoms. The van der Waals surface area contributed by atoms with E-state index in [1.165, 1.54) is 0 Å². The first-order valence-electron chi connectivity index (χ1n) is 11.2. The molecule has 1 aromatic carbocycles. The number of benzene rings is 1. The Morgan fingerprint density at radius 3 is 2.84 bits per heavy atom. The maximum Gasteiger partial charge on any atom is 0.260 e. The smallest absolute Gasteiger partial charge is 0.260 e. The van der Waals surface area contributed by atoms with Crippen LogP contribution in [-0.2, 0) is 34.0 Å². The molecule has 1 unspecified atom stereocenters. The molecular formula is C23H31N5O4. The fraction of sp³-hybridized carbons (Fsp3) is 0.565. The molecular weight excluding hydrogens is 410 g/mol. The normalized spacial score (nSPS) is 20.3. The van der Waals surface area contributed by atoms with E-state index in [0.717, 1.165) is 24.2 Å². The lowest BCUT2D eigenvalue weighted by atomic mass is 9.91. The van der Waals surface area contributed by atoms with Crippen LogP contribution in [-0.4, -0.2) is 57.0 Å². The summed E-state index contributed by atoms with van der Waals surface area (Å²) in [5.41, 5.74) is 1.15. The second-order valence-corrected chi connectivity index (χ2v) is 9.01. The number of piperidine rings is 1. The lowest BCUT2D eigenvalue weighted by Gasteiger charge is -2.44. The van der Waals surface area contributed by atoms with E-state index in [0.29, 0.717) is 50.9 Å². The molecule has 2 aliphatic heterocycles. The molecule has 1 spiro atoms. The van der Waals surface area contributed by atoms with E-state index in [2.05, 4.69) is 15.6 Å². The van der Waals surface area contributed by atoms with Crippen LogP contribution in [0.5, 0.6) is 5.75 Å². The Balaban J connectivity index is 1.34. The highest BCUT2D eigenvalue weighted by Gasteiger charge is 2.42. The van der Waals surface area contributed by atoms with E-state index < -0.39 is 5.60 Å². The molecule has 0 bridgehead atoms. The molecule has 1 aromatic heterocycles. The first-order chi connectivity index (χ1) is 15.4. The van der Waals surface area contributed by atoms with Crippen LogP contribution in [0, 0.1) is 5.92 Å². The standard InChI is InChI=1S/C23H31N5O4/c1-17(2)11-21(29)24-12-19-20-13-32-23(16-28(20)26-25-19)9-6-10-27(15-23)22(30)14-31-18-7-4-3-5-8-18/h3-5,7-8,17H,6,9-16H2,1-2H3,(H,24,29). The SMILES string of the molecule is CC(C)CC(=O)NCc1nnn2c1COC1(CCCN(C(=O)COc3ccccc3)C1)C2. The number of fused-ring (bicyclic) bond motifs is 1. The van der Waals surface area contributed by atoms with Crippen molar-refractivity contribution in [2.45, 2.75) is 58.4 Å². The van der Waals surface area contributed by atoms with Gasteiger partial charge in [0.15, 0.2) is 6.61 Å². The topological polar surface area (TPSA) is 98.6 Å². The summed E-state index contributed by atoms with van der Waals surface area (Å²) in [4.78, 5) is 26.5. The molecule has 9 heteroatoms. The Morgan fingerprint density at radius 2 is 2.06 bits per heavy atom. The van der Waals surface area contributed by atoms with Gasteiger partial charge in [0, 0.05) is 13.0 Å². The van der Waals surface area contributed by atoms with Crippen molar-refractivity contribution >= 4 is 11.8 Å². The van der Waals surface area contributed by atoms with Crippen molar-refractivity contribution in [3.05, 3.63) is 41.7 Å². The Kier molecular flexibility index (Phi) is 6.74. The quantitative estimate of drug-likeness (QED) is 0.705. The number of aromatic nitrogens is 3. The number of nitrogens with one attached hydrogen (secondary N) is 1. The fourth-order valence-electron chi connectivity index (χ4n) is 4.27. The number of amides is 2. The summed E-state index contributed by atoms with van der Waals surface area (Å²) in [6.45, 7) is 6.48. The predicted molar refractivity (Wildman–Crippen MR) is 117 cm³/mol. The molecule has 0 saturated carbocycles. The summed E-state index contributed by atoms with van der Waals surface area (Å²) >= 11 is 0. The summed E-state index contributed by atoms with van der Waals surface area (Å²) in [6.07, 6.45) is 2.20. The maximum absolute atomic E-state index is 12.7. The maximum atomic E-state index is 12.7. The average Bonchev–Trinajstić information content (AvgIpc) is 3.18. The summed E-state index contributed by atoms with van der Waals surface area (Å²) in [5, 5.41) is 11.5. The first kappa shape index (κ1) is 22.3. The van der Waals surface area contributed by atoms with Crippen LogP contribution in [0.3, 0.4) is 0 Å². The number of carbonyl (C=O) groups excluding carboxylic acids is 2. The third-order valence-electron chi connectivity index (χ3n) is 5.92. The molecule has 1 N–H and O–H groups in total. The van der Waals surface area contributed by atoms with Crippen LogP contribution in [0.15, 0.2) is 30.3 Å². The van der Waals surface area contributed by atoms with Gasteiger partial charge in [-0.25, -0.2) is 4.68 Å². The van der Waals surface area contributed by atoms with Gasteiger partial charge < -0.3 is 19.7 Å². The van der Waals surface area contributed by atoms with Crippen molar-refractivity contribution in [2.75, 3.05) is 19.7 Å². The van der Waals surface area contributed by atoms with Crippen LogP contribution in [0.25, 0.3) is 0 Å². The number of para-hydroxylation sites is 1. The zero-order valence-corrected chi connectivity index (χ0v) is 18.7. The summed E-state index contributed by atoms with van der Waals surface area (Å²) in [5.74, 6) is 0.951. The molecule has 3 heterocycles. The minimum absolute atomic E-state index is 0.00843. The average molecular weight is 442 g/mol. The largest absolute Gasteiger partial charge is 0.484 e. The zero-order chi connectivity index (χ0) is 22.6. The van der Waals surface area contributed by atoms with Crippen LogP contribution in [0.4, 0.5) is 0 Å². The molecule has 1 atom stereocenters. The molecule has 1 fully saturated rings. The monoisotopic (exact) mass is 441 g/mol. The van der Waals surface area contributed by atoms with Crippen LogP contribution >= 0.6 is 0 Å². The van der Waals surface area contributed by atoms with Crippen molar-refractivity contribution in [2.24, 2.45) is 5.92 Å². The van der Waals surface area contributed by atoms with Gasteiger partial charge in [0.1, 0.15) is 17.0 Å². The van der Waals surface area contributed by atoms with Crippen molar-refractivity contribution < 1.29 is 19.1 Å². The highest BCUT2D eigenvalue weighted by atomic mass is 16.5. The Bertz CT molecular complexity index is 945. The second kappa shape index (κ2) is 9.68. The predicted octanol–water partition coefficient (Wildman–Crippen LogP) is 1.91. The Labute approximate surface area is 188 Å². The molecule has 9 nitrogen and oxygen atoms in total. The molecule has 4 rings (SSSR count). The second-order valence-electron chi connectivity index (χ2n) is 9.01. The van der Waals surface area contributed by atoms with Crippen molar-refractivity contribution in [3.8, 4) is 5.75 Å². The van der Waals surface area contributed by atoms with Gasteiger partial charge in [-0.3, -0.25) is 9.59 Å². The number of hydrogen-bond acceptors (Lipinski definition) is 6. The molecule has 172 valence electrons. The van der Waals surface area contributed by atoms with Crippen LogP contribution < -0.4 is 10.1 Å². The summed E-state index contributed by atoms with van der Waals surface area (Å²) in [7, 11) is 0. The van der Waals surface area contributed by atoms with E-state index >= 15 is 0 Å². The van der Waals surface area contributed by atoms with E-state index in [1.807, 2.05) is 53.8 Å². The van der Waals surface area contributed by atoms with Gasteiger partial charge in [0.2, 0.25) is 5.91 Å². The number of hydrogen-bond donors (Lipinski definition) is 1. The number of nitrogens with zero attached hydrogens (tertiary/aromatic N) is 4. The highest BCUT2D eigenvalue weighted by molar-refractivity contribution is 5.78. The van der Waals surface area contributed by atoms with Gasteiger partial charge in [0.05, 0.1) is 31.9 Å². The van der Waals surface area contributed by atoms with E-state index in [9.17, 15) is 9.59 Å². The van der Waals surface area contributed by atoms with E-state index in [-0.39, 0.29) is 18.4 Å². The summed E-state index contributed by atoms with van der Waals surface area (Å²) in [6, 6.07) is 9.35. The third-order valence-corrected chi connectivity index (χ3v) is 5.92. The Hall–Kier alpha value is -2.94. The number of likely N-dealkylation sites (tertiary alicyclic amines) is 1. The van der Waals surface area contributed by atoms with E-state index in [4.69, 9.17) is 9.47 Å². The summed E-state index contributed by atoms with van der Waals surface area (Å²) < 4.78 is 13.8. The van der Waals surface area contributed by atoms with Gasteiger partial charge in [-0.1, -0.05) is 37.3 Å². The third kappa shape index (κ3) is 5.27. The van der Waals surface area contributed by atoms with Crippen molar-refractivity contribution in [1.82, 2.24) is 25.2 Å². The van der Waals surface area contributed by atoms with Gasteiger partial charge in [-0.2, -0.15) is 0 Å². The molecule has 1 saturated heterocycles. The Morgan fingerprint density at radius 1 is 1.25 bits per heavy atom. The van der Waals surface area contributed by atoms with Crippen molar-refractivity contribution in [3.63, 3.8) is 0 Å². The number of rotatable bonds is 7.